The minimum atomic E-state index is -0.0860. The Morgan fingerprint density at radius 3 is 2.70 bits per heavy atom. The lowest BCUT2D eigenvalue weighted by molar-refractivity contribution is -0.125. The van der Waals surface area contributed by atoms with Gasteiger partial charge in [0.1, 0.15) is 22.9 Å². The van der Waals surface area contributed by atoms with Crippen LogP contribution in [-0.2, 0) is 4.79 Å². The van der Waals surface area contributed by atoms with Crippen molar-refractivity contribution in [2.45, 2.75) is 12.5 Å². The number of likely N-dealkylation sites (tertiary alicyclic amines) is 1. The lowest BCUT2D eigenvalue weighted by Gasteiger charge is -2.17. The molecular formula is C19H17Cl2N5O. The van der Waals surface area contributed by atoms with Gasteiger partial charge in [-0.05, 0) is 30.2 Å². The second-order valence-corrected chi connectivity index (χ2v) is 7.23. The molecule has 6 nitrogen and oxygen atoms in total. The Bertz CT molecular complexity index is 1040. The first-order valence-electron chi connectivity index (χ1n) is 8.48. The lowest BCUT2D eigenvalue weighted by atomic mass is 10.1. The fraction of sp³-hybridized carbons (Fsp3) is 0.211. The molecule has 1 aliphatic heterocycles. The molecular weight excluding hydrogens is 385 g/mol. The molecule has 1 saturated heterocycles. The topological polar surface area (TPSA) is 77.0 Å². The monoisotopic (exact) mass is 401 g/mol. The third-order valence-corrected chi connectivity index (χ3v) is 5.52. The molecule has 0 aliphatic carbocycles. The van der Waals surface area contributed by atoms with Gasteiger partial charge in [-0.25, -0.2) is 9.97 Å². The van der Waals surface area contributed by atoms with E-state index in [0.717, 1.165) is 17.5 Å². The molecule has 0 bridgehead atoms. The Hall–Kier alpha value is -2.57. The van der Waals surface area contributed by atoms with Crippen molar-refractivity contribution in [2.75, 3.05) is 18.8 Å². The van der Waals surface area contributed by atoms with E-state index >= 15 is 0 Å². The number of halogens is 2. The average Bonchev–Trinajstić information content (AvgIpc) is 3.25. The van der Waals surface area contributed by atoms with E-state index in [1.165, 1.54) is 12.4 Å². The molecule has 8 heteroatoms. The van der Waals surface area contributed by atoms with Crippen LogP contribution in [0.3, 0.4) is 0 Å². The van der Waals surface area contributed by atoms with Crippen molar-refractivity contribution in [3.05, 3.63) is 53.4 Å². The Kier molecular flexibility index (Phi) is 4.53. The number of rotatable bonds is 3. The van der Waals surface area contributed by atoms with Gasteiger partial charge in [0, 0.05) is 23.7 Å². The molecule has 2 N–H and O–H groups in total. The van der Waals surface area contributed by atoms with E-state index in [4.69, 9.17) is 28.9 Å². The summed E-state index contributed by atoms with van der Waals surface area (Å²) in [5, 5.41) is 1.87. The summed E-state index contributed by atoms with van der Waals surface area (Å²) < 4.78 is 1.95. The van der Waals surface area contributed by atoms with Gasteiger partial charge in [0.25, 0.3) is 0 Å². The summed E-state index contributed by atoms with van der Waals surface area (Å²) in [6.45, 7) is 4.74. The van der Waals surface area contributed by atoms with Crippen molar-refractivity contribution in [1.29, 1.82) is 0 Å². The number of carbonyl (C=O) groups excluding carboxylic acids is 1. The van der Waals surface area contributed by atoms with Gasteiger partial charge in [0.05, 0.1) is 11.4 Å². The Morgan fingerprint density at radius 1 is 1.26 bits per heavy atom. The van der Waals surface area contributed by atoms with Crippen LogP contribution in [0.5, 0.6) is 0 Å². The molecule has 1 unspecified atom stereocenters. The highest BCUT2D eigenvalue weighted by Crippen LogP contribution is 2.42. The molecule has 3 heterocycles. The number of hydrogen-bond acceptors (Lipinski definition) is 4. The highest BCUT2D eigenvalue weighted by molar-refractivity contribution is 6.35. The van der Waals surface area contributed by atoms with E-state index in [2.05, 4.69) is 16.5 Å². The Morgan fingerprint density at radius 2 is 2.00 bits per heavy atom. The molecule has 1 atom stereocenters. The number of hydrogen-bond donors (Lipinski definition) is 1. The summed E-state index contributed by atoms with van der Waals surface area (Å²) >= 11 is 12.8. The van der Waals surface area contributed by atoms with E-state index in [1.54, 1.807) is 17.0 Å². The van der Waals surface area contributed by atoms with Gasteiger partial charge in [0.2, 0.25) is 5.91 Å². The maximum Gasteiger partial charge on any atom is 0.246 e. The zero-order valence-corrected chi connectivity index (χ0v) is 15.9. The fourth-order valence-corrected chi connectivity index (χ4v) is 4.17. The van der Waals surface area contributed by atoms with E-state index < -0.39 is 0 Å². The number of nitrogen functional groups attached to an aromatic ring is 1. The SMILES string of the molecule is C=CC(=O)N1CCC(n2c(Cl)c(-c3ccc(Cl)cc3)c3c(N)ncnc32)C1. The van der Waals surface area contributed by atoms with Crippen molar-refractivity contribution >= 4 is 46.0 Å². The molecule has 1 aliphatic rings. The molecule has 138 valence electrons. The van der Waals surface area contributed by atoms with Crippen LogP contribution in [0, 0.1) is 0 Å². The minimum absolute atomic E-state index is 0.000694. The van der Waals surface area contributed by atoms with Gasteiger partial charge < -0.3 is 15.2 Å². The summed E-state index contributed by atoms with van der Waals surface area (Å²) in [6.07, 6.45) is 3.53. The van der Waals surface area contributed by atoms with Gasteiger partial charge in [-0.1, -0.05) is 41.9 Å². The zero-order chi connectivity index (χ0) is 19.1. The van der Waals surface area contributed by atoms with Crippen molar-refractivity contribution in [3.63, 3.8) is 0 Å². The maximum absolute atomic E-state index is 12.0. The second kappa shape index (κ2) is 6.87. The first kappa shape index (κ1) is 17.8. The summed E-state index contributed by atoms with van der Waals surface area (Å²) in [6, 6.07) is 7.38. The second-order valence-electron chi connectivity index (χ2n) is 6.43. The molecule has 1 amide bonds. The molecule has 2 aromatic heterocycles. The van der Waals surface area contributed by atoms with Crippen molar-refractivity contribution in [3.8, 4) is 11.1 Å². The van der Waals surface area contributed by atoms with Crippen LogP contribution >= 0.6 is 23.2 Å². The molecule has 1 fully saturated rings. The molecule has 0 radical (unpaired) electrons. The number of fused-ring (bicyclic) bond motifs is 1. The minimum Gasteiger partial charge on any atom is -0.383 e. The van der Waals surface area contributed by atoms with Gasteiger partial charge >= 0.3 is 0 Å². The predicted molar refractivity (Wildman–Crippen MR) is 108 cm³/mol. The zero-order valence-electron chi connectivity index (χ0n) is 14.4. The van der Waals surface area contributed by atoms with E-state index in [9.17, 15) is 4.79 Å². The highest BCUT2D eigenvalue weighted by Gasteiger charge is 2.31. The lowest BCUT2D eigenvalue weighted by Crippen LogP contribution is -2.27. The Labute approximate surface area is 166 Å². The first-order chi connectivity index (χ1) is 13.0. The number of amides is 1. The fourth-order valence-electron chi connectivity index (χ4n) is 3.62. The normalized spacial score (nSPS) is 16.8. The van der Waals surface area contributed by atoms with Crippen LogP contribution < -0.4 is 5.73 Å². The van der Waals surface area contributed by atoms with Crippen molar-refractivity contribution in [2.24, 2.45) is 0 Å². The van der Waals surface area contributed by atoms with Crippen molar-refractivity contribution in [1.82, 2.24) is 19.4 Å². The largest absolute Gasteiger partial charge is 0.383 e. The van der Waals surface area contributed by atoms with Gasteiger partial charge in [-0.15, -0.1) is 0 Å². The van der Waals surface area contributed by atoms with Gasteiger partial charge in [-0.3, -0.25) is 4.79 Å². The van der Waals surface area contributed by atoms with Crippen LogP contribution in [0.1, 0.15) is 12.5 Å². The van der Waals surface area contributed by atoms with E-state index in [1.807, 2.05) is 16.7 Å². The van der Waals surface area contributed by atoms with Gasteiger partial charge in [0.15, 0.2) is 0 Å². The number of nitrogens with zero attached hydrogens (tertiary/aromatic N) is 4. The van der Waals surface area contributed by atoms with E-state index in [0.29, 0.717) is 40.1 Å². The van der Waals surface area contributed by atoms with Crippen LogP contribution in [0.2, 0.25) is 10.2 Å². The molecule has 3 aromatic rings. The number of carbonyl (C=O) groups is 1. The first-order valence-corrected chi connectivity index (χ1v) is 9.24. The molecule has 0 saturated carbocycles. The van der Waals surface area contributed by atoms with Crippen LogP contribution in [0.25, 0.3) is 22.2 Å². The van der Waals surface area contributed by atoms with E-state index in [-0.39, 0.29) is 11.9 Å². The van der Waals surface area contributed by atoms with Gasteiger partial charge in [-0.2, -0.15) is 0 Å². The summed E-state index contributed by atoms with van der Waals surface area (Å²) in [4.78, 5) is 22.3. The number of aromatic nitrogens is 3. The molecule has 27 heavy (non-hydrogen) atoms. The number of nitrogens with two attached hydrogens (primary N) is 1. The third-order valence-electron chi connectivity index (χ3n) is 4.90. The molecule has 0 spiro atoms. The smallest absolute Gasteiger partial charge is 0.246 e. The summed E-state index contributed by atoms with van der Waals surface area (Å²) in [5.41, 5.74) is 8.49. The van der Waals surface area contributed by atoms with Crippen LogP contribution in [0.4, 0.5) is 5.82 Å². The quantitative estimate of drug-likeness (QED) is 0.674. The summed E-state index contributed by atoms with van der Waals surface area (Å²) in [7, 11) is 0. The number of benzene rings is 1. The maximum atomic E-state index is 12.0. The third kappa shape index (κ3) is 2.95. The highest BCUT2D eigenvalue weighted by atomic mass is 35.5. The predicted octanol–water partition coefficient (Wildman–Crippen LogP) is 3.95. The molecule has 1 aromatic carbocycles. The van der Waals surface area contributed by atoms with Crippen LogP contribution in [-0.4, -0.2) is 38.4 Å². The average molecular weight is 402 g/mol. The van der Waals surface area contributed by atoms with Crippen molar-refractivity contribution < 1.29 is 4.79 Å². The van der Waals surface area contributed by atoms with Crippen LogP contribution in [0.15, 0.2) is 43.2 Å². The summed E-state index contributed by atoms with van der Waals surface area (Å²) in [5.74, 6) is 0.278. The number of anilines is 1. The Balaban J connectivity index is 1.89. The standard InChI is InChI=1S/C19H17Cl2N5O/c1-2-14(27)25-8-7-13(9-25)26-17(21)15(11-3-5-12(20)6-4-11)16-18(22)23-10-24-19(16)26/h2-6,10,13H,1,7-9H2,(H2,22,23,24). The molecule has 4 rings (SSSR count).